The van der Waals surface area contributed by atoms with Crippen LogP contribution in [-0.4, -0.2) is 42.7 Å². The Labute approximate surface area is 119 Å². The van der Waals surface area contributed by atoms with Crippen LogP contribution in [0.2, 0.25) is 0 Å². The molecule has 2 rings (SSSR count). The number of ether oxygens (including phenoxy) is 1. The van der Waals surface area contributed by atoms with E-state index in [1.807, 2.05) is 25.9 Å². The van der Waals surface area contributed by atoms with E-state index in [1.54, 1.807) is 12.4 Å². The molecule has 110 valence electrons. The Balaban J connectivity index is 1.99. The number of hydrogen-bond donors (Lipinski definition) is 1. The summed E-state index contributed by atoms with van der Waals surface area (Å²) in [4.78, 5) is 22.5. The fraction of sp³-hybridized carbons (Fsp3) is 0.643. The number of hydrogen-bond acceptors (Lipinski definition) is 5. The highest BCUT2D eigenvalue weighted by molar-refractivity contribution is 5.92. The fourth-order valence-corrected chi connectivity index (χ4v) is 2.39. The quantitative estimate of drug-likeness (QED) is 0.907. The van der Waals surface area contributed by atoms with Crippen LogP contribution in [0, 0.1) is 5.92 Å². The zero-order valence-corrected chi connectivity index (χ0v) is 12.3. The molecule has 0 radical (unpaired) electrons. The molecule has 0 spiro atoms. The molecular formula is C14H22N4O2. The van der Waals surface area contributed by atoms with E-state index in [2.05, 4.69) is 15.3 Å². The second-order valence-electron chi connectivity index (χ2n) is 5.22. The predicted octanol–water partition coefficient (Wildman–Crippen LogP) is 1.69. The van der Waals surface area contributed by atoms with E-state index in [9.17, 15) is 4.79 Å². The highest BCUT2D eigenvalue weighted by Gasteiger charge is 2.30. The van der Waals surface area contributed by atoms with E-state index in [-0.39, 0.29) is 17.9 Å². The second-order valence-corrected chi connectivity index (χ2v) is 5.22. The van der Waals surface area contributed by atoms with Crippen LogP contribution in [0.25, 0.3) is 0 Å². The number of nitrogens with one attached hydrogen (secondary N) is 1. The van der Waals surface area contributed by atoms with E-state index in [1.165, 1.54) is 0 Å². The molecule has 1 aliphatic heterocycles. The molecule has 2 atom stereocenters. The van der Waals surface area contributed by atoms with Gasteiger partial charge in [0.05, 0.1) is 30.1 Å². The smallest absolute Gasteiger partial charge is 0.230 e. The van der Waals surface area contributed by atoms with Gasteiger partial charge in [-0.15, -0.1) is 0 Å². The molecule has 0 aliphatic carbocycles. The van der Waals surface area contributed by atoms with Gasteiger partial charge in [0.15, 0.2) is 0 Å². The van der Waals surface area contributed by atoms with Crippen molar-refractivity contribution >= 4 is 17.5 Å². The number of aromatic nitrogens is 2. The van der Waals surface area contributed by atoms with Gasteiger partial charge in [-0.05, 0) is 19.3 Å². The van der Waals surface area contributed by atoms with Crippen molar-refractivity contribution in [1.82, 2.24) is 9.97 Å². The molecule has 0 bridgehead atoms. The van der Waals surface area contributed by atoms with Gasteiger partial charge in [-0.3, -0.25) is 4.79 Å². The highest BCUT2D eigenvalue weighted by Crippen LogP contribution is 2.24. The van der Waals surface area contributed by atoms with Crippen molar-refractivity contribution in [1.29, 1.82) is 0 Å². The first-order valence-electron chi connectivity index (χ1n) is 7.03. The number of anilines is 2. The van der Waals surface area contributed by atoms with Gasteiger partial charge < -0.3 is 15.0 Å². The molecule has 0 saturated carbocycles. The Bertz CT molecular complexity index is 447. The molecule has 2 heterocycles. The van der Waals surface area contributed by atoms with Crippen LogP contribution >= 0.6 is 0 Å². The van der Waals surface area contributed by atoms with Crippen molar-refractivity contribution < 1.29 is 9.53 Å². The summed E-state index contributed by atoms with van der Waals surface area (Å²) in [6.45, 7) is 2.80. The SMILES string of the molecule is CC[C@H]1OCCC[C@H]1C(=O)Nc1cnc(N(C)C)nc1. The summed E-state index contributed by atoms with van der Waals surface area (Å²) in [6, 6.07) is 0. The summed E-state index contributed by atoms with van der Waals surface area (Å²) in [7, 11) is 3.75. The van der Waals surface area contributed by atoms with Crippen LogP contribution in [0.15, 0.2) is 12.4 Å². The van der Waals surface area contributed by atoms with E-state index in [0.717, 1.165) is 25.9 Å². The van der Waals surface area contributed by atoms with Crippen LogP contribution < -0.4 is 10.2 Å². The van der Waals surface area contributed by atoms with Gasteiger partial charge in [-0.2, -0.15) is 0 Å². The third kappa shape index (κ3) is 3.45. The second kappa shape index (κ2) is 6.65. The largest absolute Gasteiger partial charge is 0.377 e. The maximum absolute atomic E-state index is 12.3. The molecule has 0 unspecified atom stereocenters. The standard InChI is InChI=1S/C14H22N4O2/c1-4-12-11(6-5-7-20-12)13(19)17-10-8-15-14(16-9-10)18(2)3/h8-9,11-12H,4-7H2,1-3H3,(H,17,19)/t11-,12-/m1/s1. The van der Waals surface area contributed by atoms with E-state index >= 15 is 0 Å². The van der Waals surface area contributed by atoms with Crippen LogP contribution in [0.3, 0.4) is 0 Å². The lowest BCUT2D eigenvalue weighted by Gasteiger charge is -2.29. The first-order valence-corrected chi connectivity index (χ1v) is 7.03. The molecule has 20 heavy (non-hydrogen) atoms. The Hall–Kier alpha value is -1.69. The number of carbonyl (C=O) groups is 1. The summed E-state index contributed by atoms with van der Waals surface area (Å²) < 4.78 is 5.65. The van der Waals surface area contributed by atoms with E-state index < -0.39 is 0 Å². The summed E-state index contributed by atoms with van der Waals surface area (Å²) >= 11 is 0. The summed E-state index contributed by atoms with van der Waals surface area (Å²) in [5, 5.41) is 2.88. The third-order valence-electron chi connectivity index (χ3n) is 3.49. The van der Waals surface area contributed by atoms with Crippen LogP contribution in [-0.2, 0) is 9.53 Å². The Morgan fingerprint density at radius 1 is 1.45 bits per heavy atom. The minimum Gasteiger partial charge on any atom is -0.377 e. The van der Waals surface area contributed by atoms with Gasteiger partial charge in [0.1, 0.15) is 0 Å². The molecule has 1 aromatic rings. The minimum absolute atomic E-state index is 0.00208. The Kier molecular flexibility index (Phi) is 4.89. The molecule has 1 fully saturated rings. The molecule has 1 saturated heterocycles. The molecule has 1 N–H and O–H groups in total. The molecule has 1 aliphatic rings. The molecular weight excluding hydrogens is 256 g/mol. The topological polar surface area (TPSA) is 67.3 Å². The average molecular weight is 278 g/mol. The Morgan fingerprint density at radius 2 is 2.15 bits per heavy atom. The lowest BCUT2D eigenvalue weighted by atomic mass is 9.92. The van der Waals surface area contributed by atoms with Crippen molar-refractivity contribution in [3.8, 4) is 0 Å². The van der Waals surface area contributed by atoms with Crippen molar-refractivity contribution in [3.63, 3.8) is 0 Å². The monoisotopic (exact) mass is 278 g/mol. The Morgan fingerprint density at radius 3 is 2.75 bits per heavy atom. The predicted molar refractivity (Wildman–Crippen MR) is 77.7 cm³/mol. The molecule has 6 heteroatoms. The maximum atomic E-state index is 12.3. The molecule has 1 aromatic heterocycles. The van der Waals surface area contributed by atoms with Crippen LogP contribution in [0.5, 0.6) is 0 Å². The van der Waals surface area contributed by atoms with E-state index in [0.29, 0.717) is 11.6 Å². The van der Waals surface area contributed by atoms with Crippen LogP contribution in [0.1, 0.15) is 26.2 Å². The van der Waals surface area contributed by atoms with Gasteiger partial charge in [0.25, 0.3) is 0 Å². The highest BCUT2D eigenvalue weighted by atomic mass is 16.5. The summed E-state index contributed by atoms with van der Waals surface area (Å²) in [5.41, 5.74) is 0.626. The number of carbonyl (C=O) groups excluding carboxylic acids is 1. The number of amides is 1. The third-order valence-corrected chi connectivity index (χ3v) is 3.49. The summed E-state index contributed by atoms with van der Waals surface area (Å²) in [6.07, 6.45) is 5.95. The summed E-state index contributed by atoms with van der Waals surface area (Å²) in [5.74, 6) is 0.537. The molecule has 1 amide bonds. The lowest BCUT2D eigenvalue weighted by Crippen LogP contribution is -2.37. The number of rotatable bonds is 4. The van der Waals surface area contributed by atoms with Gasteiger partial charge in [-0.25, -0.2) is 9.97 Å². The zero-order chi connectivity index (χ0) is 14.5. The first-order chi connectivity index (χ1) is 9.61. The minimum atomic E-state index is -0.0812. The maximum Gasteiger partial charge on any atom is 0.230 e. The van der Waals surface area contributed by atoms with Gasteiger partial charge in [0, 0.05) is 20.7 Å². The van der Waals surface area contributed by atoms with E-state index in [4.69, 9.17) is 4.74 Å². The zero-order valence-electron chi connectivity index (χ0n) is 12.3. The first kappa shape index (κ1) is 14.7. The number of nitrogens with zero attached hydrogens (tertiary/aromatic N) is 3. The van der Waals surface area contributed by atoms with Crippen molar-refractivity contribution in [2.45, 2.75) is 32.3 Å². The average Bonchev–Trinajstić information content (AvgIpc) is 2.47. The fourth-order valence-electron chi connectivity index (χ4n) is 2.39. The molecule has 0 aromatic carbocycles. The normalized spacial score (nSPS) is 22.4. The van der Waals surface area contributed by atoms with Gasteiger partial charge in [0.2, 0.25) is 11.9 Å². The van der Waals surface area contributed by atoms with Crippen molar-refractivity contribution in [2.75, 3.05) is 30.9 Å². The van der Waals surface area contributed by atoms with Crippen molar-refractivity contribution in [3.05, 3.63) is 12.4 Å². The lowest BCUT2D eigenvalue weighted by molar-refractivity contribution is -0.129. The van der Waals surface area contributed by atoms with Crippen LogP contribution in [0.4, 0.5) is 11.6 Å². The molecule has 6 nitrogen and oxygen atoms in total. The van der Waals surface area contributed by atoms with Gasteiger partial charge in [-0.1, -0.05) is 6.92 Å². The van der Waals surface area contributed by atoms with Gasteiger partial charge >= 0.3 is 0 Å². The van der Waals surface area contributed by atoms with Crippen molar-refractivity contribution in [2.24, 2.45) is 5.92 Å².